The molecule has 0 spiro atoms. The number of aromatic nitrogens is 1. The van der Waals surface area contributed by atoms with E-state index in [1.165, 1.54) is 28.6 Å². The summed E-state index contributed by atoms with van der Waals surface area (Å²) in [5, 5.41) is 10.1. The monoisotopic (exact) mass is 517 g/mol. The van der Waals surface area contributed by atoms with E-state index in [1.807, 2.05) is 24.9 Å². The number of anilines is 1. The molecule has 148 valence electrons. The van der Waals surface area contributed by atoms with Crippen LogP contribution in [0.25, 0.3) is 0 Å². The fraction of sp³-hybridized carbons (Fsp3) is 0.474. The molecule has 0 bridgehead atoms. The van der Waals surface area contributed by atoms with Crippen LogP contribution in [-0.4, -0.2) is 49.9 Å². The van der Waals surface area contributed by atoms with Crippen molar-refractivity contribution in [1.82, 2.24) is 15.6 Å². The molecular weight excluding hydrogens is 489 g/mol. The Kier molecular flexibility index (Phi) is 10.3. The number of nitrogens with zero attached hydrogens (tertiary/aromatic N) is 3. The molecule has 0 radical (unpaired) electrons. The number of thiazole rings is 1. The van der Waals surface area contributed by atoms with Gasteiger partial charge in [0.1, 0.15) is 0 Å². The van der Waals surface area contributed by atoms with E-state index in [0.29, 0.717) is 0 Å². The Hall–Kier alpha value is -1.00. The smallest absolute Gasteiger partial charge is 0.191 e. The molecule has 0 saturated carbocycles. The average molecular weight is 518 g/mol. The van der Waals surface area contributed by atoms with Crippen molar-refractivity contribution in [1.29, 1.82) is 0 Å². The Morgan fingerprint density at radius 2 is 1.93 bits per heavy atom. The molecule has 0 atom stereocenters. The molecule has 2 N–H and O–H groups in total. The molecule has 1 aliphatic heterocycles. The topological polar surface area (TPSA) is 52.6 Å². The van der Waals surface area contributed by atoms with Gasteiger partial charge >= 0.3 is 0 Å². The van der Waals surface area contributed by atoms with E-state index in [-0.39, 0.29) is 24.0 Å². The number of halogens is 1. The first kappa shape index (κ1) is 22.3. The zero-order valence-corrected chi connectivity index (χ0v) is 19.7. The number of benzene rings is 1. The van der Waals surface area contributed by atoms with Gasteiger partial charge in [-0.25, -0.2) is 4.98 Å². The second-order valence-electron chi connectivity index (χ2n) is 6.15. The van der Waals surface area contributed by atoms with Crippen LogP contribution in [0.5, 0.6) is 0 Å². The van der Waals surface area contributed by atoms with Crippen molar-refractivity contribution in [2.75, 3.05) is 43.9 Å². The van der Waals surface area contributed by atoms with E-state index in [0.717, 1.165) is 44.3 Å². The summed E-state index contributed by atoms with van der Waals surface area (Å²) in [6, 6.07) is 10.5. The maximum absolute atomic E-state index is 4.76. The zero-order chi connectivity index (χ0) is 18.0. The van der Waals surface area contributed by atoms with Gasteiger partial charge in [0, 0.05) is 55.7 Å². The summed E-state index contributed by atoms with van der Waals surface area (Å²) in [4.78, 5) is 12.8. The third-order valence-electron chi connectivity index (χ3n) is 4.22. The van der Waals surface area contributed by atoms with Gasteiger partial charge in [-0.2, -0.15) is 0 Å². The third-order valence-corrected chi connectivity index (χ3v) is 6.18. The normalized spacial score (nSPS) is 14.1. The summed E-state index contributed by atoms with van der Waals surface area (Å²) in [6.07, 6.45) is 3.51. The van der Waals surface area contributed by atoms with Gasteiger partial charge in [-0.3, -0.25) is 4.99 Å². The number of aliphatic imine (C=N–C) groups is 1. The van der Waals surface area contributed by atoms with Crippen LogP contribution in [0.3, 0.4) is 0 Å². The minimum absolute atomic E-state index is 0. The number of guanidine groups is 1. The predicted octanol–water partition coefficient (Wildman–Crippen LogP) is 3.86. The molecule has 1 aliphatic rings. The quantitative estimate of drug-likeness (QED) is 0.183. The fourth-order valence-corrected chi connectivity index (χ4v) is 4.55. The van der Waals surface area contributed by atoms with Crippen molar-refractivity contribution in [3.05, 3.63) is 41.4 Å². The largest absolute Gasteiger partial charge is 0.356 e. The predicted molar refractivity (Wildman–Crippen MR) is 129 cm³/mol. The van der Waals surface area contributed by atoms with Gasteiger partial charge < -0.3 is 15.5 Å². The summed E-state index contributed by atoms with van der Waals surface area (Å²) in [5.74, 6) is 1.87. The second kappa shape index (κ2) is 12.5. The van der Waals surface area contributed by atoms with Crippen molar-refractivity contribution in [2.45, 2.75) is 24.2 Å². The van der Waals surface area contributed by atoms with Gasteiger partial charge in [0.05, 0.1) is 5.69 Å². The Morgan fingerprint density at radius 1 is 1.19 bits per heavy atom. The number of hydrogen-bond donors (Lipinski definition) is 2. The molecule has 0 amide bonds. The van der Waals surface area contributed by atoms with Crippen LogP contribution in [0.1, 0.15) is 18.5 Å². The molecule has 1 fully saturated rings. The van der Waals surface area contributed by atoms with Crippen LogP contribution in [0, 0.1) is 0 Å². The maximum Gasteiger partial charge on any atom is 0.191 e. The van der Waals surface area contributed by atoms with Crippen molar-refractivity contribution >= 4 is 58.2 Å². The van der Waals surface area contributed by atoms with E-state index < -0.39 is 0 Å². The lowest BCUT2D eigenvalue weighted by molar-refractivity contribution is 0.800. The Balaban J connectivity index is 0.00000261. The molecule has 3 rings (SSSR count). The van der Waals surface area contributed by atoms with Gasteiger partial charge in [-0.1, -0.05) is 18.2 Å². The highest BCUT2D eigenvalue weighted by Gasteiger charge is 2.15. The van der Waals surface area contributed by atoms with Crippen LogP contribution in [0.2, 0.25) is 0 Å². The van der Waals surface area contributed by atoms with Gasteiger partial charge in [0.2, 0.25) is 0 Å². The first-order chi connectivity index (χ1) is 12.8. The fourth-order valence-electron chi connectivity index (χ4n) is 2.85. The Bertz CT molecular complexity index is 686. The Morgan fingerprint density at radius 3 is 2.67 bits per heavy atom. The van der Waals surface area contributed by atoms with Crippen molar-refractivity contribution in [2.24, 2.45) is 4.99 Å². The van der Waals surface area contributed by atoms with Gasteiger partial charge in [0.25, 0.3) is 0 Å². The molecule has 27 heavy (non-hydrogen) atoms. The first-order valence-corrected chi connectivity index (χ1v) is 11.0. The summed E-state index contributed by atoms with van der Waals surface area (Å²) < 4.78 is 0. The summed E-state index contributed by atoms with van der Waals surface area (Å²) >= 11 is 3.61. The molecule has 0 aliphatic carbocycles. The highest BCUT2D eigenvalue weighted by atomic mass is 127. The Labute approximate surface area is 187 Å². The first-order valence-electron chi connectivity index (χ1n) is 9.17. The van der Waals surface area contributed by atoms with Crippen LogP contribution >= 0.6 is 47.1 Å². The molecule has 5 nitrogen and oxygen atoms in total. The number of nitrogens with one attached hydrogen (secondary N) is 2. The lowest BCUT2D eigenvalue weighted by Gasteiger charge is -2.12. The SMILES string of the molecule is CN=C(NCCSc1ccccc1)NCCc1csc(N2CCCC2)n1.I. The maximum atomic E-state index is 4.76. The van der Waals surface area contributed by atoms with Gasteiger partial charge in [0.15, 0.2) is 11.1 Å². The van der Waals surface area contributed by atoms with Gasteiger partial charge in [-0.15, -0.1) is 47.1 Å². The minimum atomic E-state index is 0. The highest BCUT2D eigenvalue weighted by Crippen LogP contribution is 2.24. The molecule has 0 unspecified atom stereocenters. The van der Waals surface area contributed by atoms with Crippen LogP contribution in [0.15, 0.2) is 45.6 Å². The van der Waals surface area contributed by atoms with Crippen LogP contribution < -0.4 is 15.5 Å². The molecule has 2 heterocycles. The number of hydrogen-bond acceptors (Lipinski definition) is 5. The lowest BCUT2D eigenvalue weighted by atomic mass is 10.3. The summed E-state index contributed by atoms with van der Waals surface area (Å²) in [7, 11) is 1.81. The van der Waals surface area contributed by atoms with Crippen molar-refractivity contribution < 1.29 is 0 Å². The highest BCUT2D eigenvalue weighted by molar-refractivity contribution is 14.0. The minimum Gasteiger partial charge on any atom is -0.356 e. The third kappa shape index (κ3) is 7.50. The summed E-state index contributed by atoms with van der Waals surface area (Å²) in [5.41, 5.74) is 1.17. The molecule has 8 heteroatoms. The lowest BCUT2D eigenvalue weighted by Crippen LogP contribution is -2.39. The average Bonchev–Trinajstić information content (AvgIpc) is 3.36. The van der Waals surface area contributed by atoms with Crippen molar-refractivity contribution in [3.63, 3.8) is 0 Å². The molecular formula is C19H28IN5S2. The molecule has 1 aromatic heterocycles. The number of rotatable bonds is 8. The van der Waals surface area contributed by atoms with E-state index in [9.17, 15) is 0 Å². The van der Waals surface area contributed by atoms with E-state index in [1.54, 1.807) is 11.3 Å². The number of thioether (sulfide) groups is 1. The van der Waals surface area contributed by atoms with Crippen molar-refractivity contribution in [3.8, 4) is 0 Å². The second-order valence-corrected chi connectivity index (χ2v) is 8.16. The van der Waals surface area contributed by atoms with Gasteiger partial charge in [-0.05, 0) is 25.0 Å². The van der Waals surface area contributed by atoms with Crippen LogP contribution in [0.4, 0.5) is 5.13 Å². The molecule has 1 saturated heterocycles. The molecule has 2 aromatic rings. The standard InChI is InChI=1S/C19H27N5S2.HI/c1-20-18(22-11-14-25-17-7-3-2-4-8-17)21-10-9-16-15-26-19(23-16)24-12-5-6-13-24;/h2-4,7-8,15H,5-6,9-14H2,1H3,(H2,20,21,22);1H. The van der Waals surface area contributed by atoms with Crippen LogP contribution in [-0.2, 0) is 6.42 Å². The zero-order valence-electron chi connectivity index (χ0n) is 15.7. The molecule has 1 aromatic carbocycles. The van der Waals surface area contributed by atoms with E-state index in [2.05, 4.69) is 50.2 Å². The van der Waals surface area contributed by atoms with E-state index >= 15 is 0 Å². The summed E-state index contributed by atoms with van der Waals surface area (Å²) in [6.45, 7) is 4.04. The van der Waals surface area contributed by atoms with E-state index in [4.69, 9.17) is 4.98 Å².